The molecule has 0 bridgehead atoms. The summed E-state index contributed by atoms with van der Waals surface area (Å²) in [5, 5.41) is 11.8. The smallest absolute Gasteiger partial charge is 0.186 e. The van der Waals surface area contributed by atoms with Gasteiger partial charge in [0.2, 0.25) is 0 Å². The number of ether oxygens (including phenoxy) is 1. The highest BCUT2D eigenvalue weighted by atomic mass is 16.5. The zero-order chi connectivity index (χ0) is 14.7. The summed E-state index contributed by atoms with van der Waals surface area (Å²) in [6.45, 7) is 4.46. The molecule has 2 aromatic heterocycles. The molecule has 0 aliphatic rings. The van der Waals surface area contributed by atoms with Crippen LogP contribution in [0.15, 0.2) is 29.7 Å². The summed E-state index contributed by atoms with van der Waals surface area (Å²) < 4.78 is 7.27. The number of oxime groups is 1. The number of hydrogen-bond donors (Lipinski definition) is 2. The first-order valence-corrected chi connectivity index (χ1v) is 6.20. The predicted molar refractivity (Wildman–Crippen MR) is 76.3 cm³/mol. The Kier molecular flexibility index (Phi) is 3.93. The highest BCUT2D eigenvalue weighted by molar-refractivity contribution is 5.95. The van der Waals surface area contributed by atoms with E-state index >= 15 is 0 Å². The molecule has 20 heavy (non-hydrogen) atoms. The first kappa shape index (κ1) is 13.9. The first-order valence-electron chi connectivity index (χ1n) is 6.20. The third-order valence-corrected chi connectivity index (χ3v) is 3.27. The van der Waals surface area contributed by atoms with E-state index in [1.54, 1.807) is 19.4 Å². The maximum Gasteiger partial charge on any atom is 0.186 e. The zero-order valence-corrected chi connectivity index (χ0v) is 11.8. The number of nitrogens with zero attached hydrogens (tertiary/aromatic N) is 3. The van der Waals surface area contributed by atoms with Crippen LogP contribution in [-0.4, -0.2) is 27.7 Å². The normalized spacial score (nSPS) is 11.7. The van der Waals surface area contributed by atoms with Crippen LogP contribution in [-0.2, 0) is 6.54 Å². The number of hydrogen-bond acceptors (Lipinski definition) is 4. The van der Waals surface area contributed by atoms with Crippen molar-refractivity contribution in [3.63, 3.8) is 0 Å². The Balaban J connectivity index is 2.39. The SMILES string of the molecule is COc1c(C)cnc(Cn2cccc2/C(N)=N/O)c1C. The lowest BCUT2D eigenvalue weighted by atomic mass is 10.1. The van der Waals surface area contributed by atoms with Gasteiger partial charge in [0.25, 0.3) is 0 Å². The van der Waals surface area contributed by atoms with E-state index in [1.165, 1.54) is 0 Å². The number of aromatic nitrogens is 2. The Labute approximate surface area is 117 Å². The summed E-state index contributed by atoms with van der Waals surface area (Å²) in [5.41, 5.74) is 9.17. The van der Waals surface area contributed by atoms with Crippen LogP contribution in [0, 0.1) is 13.8 Å². The largest absolute Gasteiger partial charge is 0.496 e. The number of aryl methyl sites for hydroxylation is 1. The molecular weight excluding hydrogens is 256 g/mol. The molecule has 0 aromatic carbocycles. The Bertz CT molecular complexity index is 647. The minimum atomic E-state index is 0.0757. The van der Waals surface area contributed by atoms with Gasteiger partial charge in [0.15, 0.2) is 5.84 Å². The van der Waals surface area contributed by atoms with E-state index in [0.717, 1.165) is 22.6 Å². The van der Waals surface area contributed by atoms with Crippen LogP contribution < -0.4 is 10.5 Å². The molecule has 0 aliphatic heterocycles. The summed E-state index contributed by atoms with van der Waals surface area (Å²) in [4.78, 5) is 4.44. The number of methoxy groups -OCH3 is 1. The van der Waals surface area contributed by atoms with Crippen molar-refractivity contribution in [1.82, 2.24) is 9.55 Å². The summed E-state index contributed by atoms with van der Waals surface area (Å²) in [6, 6.07) is 3.63. The van der Waals surface area contributed by atoms with Crippen LogP contribution in [0.5, 0.6) is 5.75 Å². The number of amidine groups is 1. The monoisotopic (exact) mass is 274 g/mol. The number of nitrogens with two attached hydrogens (primary N) is 1. The molecule has 0 fully saturated rings. The maximum atomic E-state index is 8.78. The molecule has 6 nitrogen and oxygen atoms in total. The van der Waals surface area contributed by atoms with Crippen molar-refractivity contribution in [2.24, 2.45) is 10.9 Å². The number of rotatable bonds is 4. The van der Waals surface area contributed by atoms with E-state index in [-0.39, 0.29) is 5.84 Å². The van der Waals surface area contributed by atoms with Crippen molar-refractivity contribution >= 4 is 5.84 Å². The average molecular weight is 274 g/mol. The van der Waals surface area contributed by atoms with E-state index in [0.29, 0.717) is 12.2 Å². The van der Waals surface area contributed by atoms with Crippen molar-refractivity contribution in [2.75, 3.05) is 7.11 Å². The van der Waals surface area contributed by atoms with Gasteiger partial charge in [0.05, 0.1) is 25.0 Å². The van der Waals surface area contributed by atoms with E-state index in [9.17, 15) is 0 Å². The van der Waals surface area contributed by atoms with Crippen molar-refractivity contribution in [3.05, 3.63) is 47.0 Å². The summed E-state index contributed by atoms with van der Waals surface area (Å²) in [5.74, 6) is 0.916. The van der Waals surface area contributed by atoms with Crippen LogP contribution >= 0.6 is 0 Å². The Morgan fingerprint density at radius 1 is 1.50 bits per heavy atom. The molecule has 0 saturated heterocycles. The Morgan fingerprint density at radius 3 is 2.90 bits per heavy atom. The van der Waals surface area contributed by atoms with Gasteiger partial charge in [-0.05, 0) is 26.0 Å². The lowest BCUT2D eigenvalue weighted by molar-refractivity contribution is 0.318. The van der Waals surface area contributed by atoms with E-state index in [4.69, 9.17) is 15.7 Å². The van der Waals surface area contributed by atoms with Gasteiger partial charge in [-0.25, -0.2) is 0 Å². The second kappa shape index (κ2) is 5.64. The second-order valence-corrected chi connectivity index (χ2v) is 4.55. The molecule has 106 valence electrons. The summed E-state index contributed by atoms with van der Waals surface area (Å²) in [7, 11) is 1.65. The standard InChI is InChI=1S/C14H18N4O2/c1-9-7-16-11(10(2)13(9)20-3)8-18-6-4-5-12(18)14(15)17-19/h4-7,19H,8H2,1-3H3,(H2,15,17). The topological polar surface area (TPSA) is 85.7 Å². The average Bonchev–Trinajstić information content (AvgIpc) is 2.90. The van der Waals surface area contributed by atoms with Crippen molar-refractivity contribution < 1.29 is 9.94 Å². The van der Waals surface area contributed by atoms with Crippen molar-refractivity contribution in [2.45, 2.75) is 20.4 Å². The van der Waals surface area contributed by atoms with Crippen LogP contribution in [0.2, 0.25) is 0 Å². The fourth-order valence-electron chi connectivity index (χ4n) is 2.23. The van der Waals surface area contributed by atoms with Gasteiger partial charge in [-0.1, -0.05) is 5.16 Å². The highest BCUT2D eigenvalue weighted by Crippen LogP contribution is 2.24. The molecule has 6 heteroatoms. The third kappa shape index (κ3) is 2.45. The van der Waals surface area contributed by atoms with Gasteiger partial charge in [-0.15, -0.1) is 0 Å². The molecule has 3 N–H and O–H groups in total. The molecular formula is C14H18N4O2. The lowest BCUT2D eigenvalue weighted by Crippen LogP contribution is -2.19. The molecule has 0 atom stereocenters. The molecule has 0 unspecified atom stereocenters. The third-order valence-electron chi connectivity index (χ3n) is 3.27. The van der Waals surface area contributed by atoms with E-state index in [2.05, 4.69) is 10.1 Å². The quantitative estimate of drug-likeness (QED) is 0.384. The fourth-order valence-corrected chi connectivity index (χ4v) is 2.23. The van der Waals surface area contributed by atoms with Crippen LogP contribution in [0.1, 0.15) is 22.5 Å². The van der Waals surface area contributed by atoms with Gasteiger partial charge in [-0.3, -0.25) is 4.98 Å². The fraction of sp³-hybridized carbons (Fsp3) is 0.286. The Hall–Kier alpha value is -2.50. The summed E-state index contributed by atoms with van der Waals surface area (Å²) >= 11 is 0. The zero-order valence-electron chi connectivity index (χ0n) is 11.8. The molecule has 2 heterocycles. The highest BCUT2D eigenvalue weighted by Gasteiger charge is 2.12. The first-order chi connectivity index (χ1) is 9.58. The lowest BCUT2D eigenvalue weighted by Gasteiger charge is -2.14. The van der Waals surface area contributed by atoms with Gasteiger partial charge in [-0.2, -0.15) is 0 Å². The predicted octanol–water partition coefficient (Wildman–Crippen LogP) is 1.65. The summed E-state index contributed by atoms with van der Waals surface area (Å²) in [6.07, 6.45) is 3.65. The minimum Gasteiger partial charge on any atom is -0.496 e. The van der Waals surface area contributed by atoms with Gasteiger partial charge in [0.1, 0.15) is 5.75 Å². The van der Waals surface area contributed by atoms with E-state index in [1.807, 2.05) is 30.7 Å². The molecule has 0 spiro atoms. The molecule has 0 amide bonds. The van der Waals surface area contributed by atoms with Gasteiger partial charge >= 0.3 is 0 Å². The van der Waals surface area contributed by atoms with E-state index < -0.39 is 0 Å². The minimum absolute atomic E-state index is 0.0757. The van der Waals surface area contributed by atoms with Crippen LogP contribution in [0.3, 0.4) is 0 Å². The molecule has 2 aromatic rings. The molecule has 0 aliphatic carbocycles. The number of pyridine rings is 1. The second-order valence-electron chi connectivity index (χ2n) is 4.55. The van der Waals surface area contributed by atoms with Crippen LogP contribution in [0.4, 0.5) is 0 Å². The van der Waals surface area contributed by atoms with Gasteiger partial charge in [0, 0.05) is 23.5 Å². The molecule has 2 rings (SSSR count). The molecule has 0 saturated carbocycles. The Morgan fingerprint density at radius 2 is 2.25 bits per heavy atom. The van der Waals surface area contributed by atoms with Crippen LogP contribution in [0.25, 0.3) is 0 Å². The van der Waals surface area contributed by atoms with Crippen molar-refractivity contribution in [1.29, 1.82) is 0 Å². The molecule has 0 radical (unpaired) electrons. The van der Waals surface area contributed by atoms with Gasteiger partial charge < -0.3 is 20.2 Å². The maximum absolute atomic E-state index is 8.78. The van der Waals surface area contributed by atoms with Crippen molar-refractivity contribution in [3.8, 4) is 5.75 Å².